The number of unbranched alkanes of at least 4 members (excludes halogenated alkanes) is 1. The predicted molar refractivity (Wildman–Crippen MR) is 115 cm³/mol. The molecular weight excluding hydrogens is 376 g/mol. The molecule has 0 N–H and O–H groups in total. The molecular formula is C21H35O4SSi-. The molecule has 0 radical (unpaired) electrons. The second kappa shape index (κ2) is 11.1. The summed E-state index contributed by atoms with van der Waals surface area (Å²) in [4.78, 5) is 0.278. The first-order chi connectivity index (χ1) is 12.7. The SMILES string of the molecule is CO/C(=C\CCCO[Si](C(C)C)(C(C)C)C(C)C)c1ccc(S(=O)[O-])cc1. The first kappa shape index (κ1) is 24.1. The van der Waals surface area contributed by atoms with Crippen molar-refractivity contribution in [2.75, 3.05) is 13.7 Å². The van der Waals surface area contributed by atoms with Crippen molar-refractivity contribution in [2.24, 2.45) is 0 Å². The lowest BCUT2D eigenvalue weighted by molar-refractivity contribution is 0.273. The van der Waals surface area contributed by atoms with Crippen LogP contribution in [0.25, 0.3) is 5.76 Å². The topological polar surface area (TPSA) is 58.6 Å². The highest BCUT2D eigenvalue weighted by molar-refractivity contribution is 7.79. The lowest BCUT2D eigenvalue weighted by atomic mass is 10.1. The number of methoxy groups -OCH3 is 1. The normalized spacial score (nSPS) is 14.3. The summed E-state index contributed by atoms with van der Waals surface area (Å²) in [6.45, 7) is 14.6. The Bertz CT molecular complexity index is 602. The average Bonchev–Trinajstić information content (AvgIpc) is 2.60. The van der Waals surface area contributed by atoms with Gasteiger partial charge in [0.15, 0.2) is 8.32 Å². The van der Waals surface area contributed by atoms with Gasteiger partial charge in [0.2, 0.25) is 0 Å². The third kappa shape index (κ3) is 6.27. The van der Waals surface area contributed by atoms with E-state index in [1.165, 1.54) is 0 Å². The van der Waals surface area contributed by atoms with Crippen LogP contribution >= 0.6 is 0 Å². The van der Waals surface area contributed by atoms with Gasteiger partial charge in [-0.25, -0.2) is 0 Å². The van der Waals surface area contributed by atoms with Crippen molar-refractivity contribution in [3.8, 4) is 0 Å². The summed E-state index contributed by atoms with van der Waals surface area (Å²) in [5, 5.41) is 0. The molecule has 1 atom stereocenters. The van der Waals surface area contributed by atoms with Crippen LogP contribution in [0, 0.1) is 0 Å². The molecule has 0 heterocycles. The molecule has 0 spiro atoms. The number of benzene rings is 1. The van der Waals surface area contributed by atoms with Gasteiger partial charge in [-0.3, -0.25) is 4.21 Å². The Hall–Kier alpha value is -0.953. The zero-order valence-electron chi connectivity index (χ0n) is 17.8. The molecule has 1 aromatic carbocycles. The van der Waals surface area contributed by atoms with E-state index < -0.39 is 19.4 Å². The molecule has 0 saturated carbocycles. The molecule has 0 saturated heterocycles. The Kier molecular flexibility index (Phi) is 9.94. The zero-order chi connectivity index (χ0) is 20.6. The zero-order valence-corrected chi connectivity index (χ0v) is 19.6. The molecule has 154 valence electrons. The van der Waals surface area contributed by atoms with E-state index in [9.17, 15) is 8.76 Å². The van der Waals surface area contributed by atoms with Crippen molar-refractivity contribution in [3.63, 3.8) is 0 Å². The number of hydrogen-bond donors (Lipinski definition) is 0. The Morgan fingerprint density at radius 2 is 1.59 bits per heavy atom. The summed E-state index contributed by atoms with van der Waals surface area (Å²) in [5.41, 5.74) is 2.65. The molecule has 0 aliphatic carbocycles. The highest BCUT2D eigenvalue weighted by atomic mass is 32.2. The number of ether oxygens (including phenoxy) is 1. The van der Waals surface area contributed by atoms with Crippen molar-refractivity contribution >= 4 is 25.2 Å². The molecule has 6 heteroatoms. The van der Waals surface area contributed by atoms with Crippen molar-refractivity contribution in [1.29, 1.82) is 0 Å². The van der Waals surface area contributed by atoms with Crippen LogP contribution in [-0.4, -0.2) is 30.8 Å². The highest BCUT2D eigenvalue weighted by Crippen LogP contribution is 2.42. The standard InChI is InChI=1S/C21H36O4SSi/c1-16(2)27(17(3)4,18(5)6)25-15-9-8-10-21(24-7)19-11-13-20(14-12-19)26(22)23/h10-14,16-18H,8-9,15H2,1-7H3,(H,22,23)/p-1/b21-10-. The van der Waals surface area contributed by atoms with Gasteiger partial charge in [-0.1, -0.05) is 53.7 Å². The van der Waals surface area contributed by atoms with Crippen LogP contribution in [-0.2, 0) is 20.2 Å². The van der Waals surface area contributed by atoms with E-state index in [0.717, 1.165) is 30.8 Å². The van der Waals surface area contributed by atoms with Crippen molar-refractivity contribution in [2.45, 2.75) is 75.9 Å². The van der Waals surface area contributed by atoms with Gasteiger partial charge >= 0.3 is 0 Å². The third-order valence-electron chi connectivity index (χ3n) is 5.29. The molecule has 4 nitrogen and oxygen atoms in total. The highest BCUT2D eigenvalue weighted by Gasteiger charge is 2.44. The van der Waals surface area contributed by atoms with Crippen LogP contribution in [0.5, 0.6) is 0 Å². The molecule has 0 aromatic heterocycles. The Morgan fingerprint density at radius 3 is 2.00 bits per heavy atom. The molecule has 1 unspecified atom stereocenters. The van der Waals surface area contributed by atoms with Crippen LogP contribution in [0.4, 0.5) is 0 Å². The largest absolute Gasteiger partial charge is 0.768 e. The van der Waals surface area contributed by atoms with Gasteiger partial charge in [0.1, 0.15) is 5.76 Å². The number of hydrogen-bond acceptors (Lipinski definition) is 4. The maximum absolute atomic E-state index is 11.0. The van der Waals surface area contributed by atoms with Crippen molar-refractivity contribution < 1.29 is 17.9 Å². The Labute approximate surface area is 168 Å². The summed E-state index contributed by atoms with van der Waals surface area (Å²) < 4.78 is 34.0. The number of rotatable bonds is 11. The fourth-order valence-electron chi connectivity index (χ4n) is 4.11. The fourth-order valence-corrected chi connectivity index (χ4v) is 9.97. The fraction of sp³-hybridized carbons (Fsp3) is 0.619. The third-order valence-corrected chi connectivity index (χ3v) is 12.1. The summed E-state index contributed by atoms with van der Waals surface area (Å²) in [5.74, 6) is 0.762. The van der Waals surface area contributed by atoms with Crippen molar-refractivity contribution in [1.82, 2.24) is 0 Å². The summed E-state index contributed by atoms with van der Waals surface area (Å²) >= 11 is -2.20. The van der Waals surface area contributed by atoms with E-state index in [1.807, 2.05) is 0 Å². The van der Waals surface area contributed by atoms with E-state index in [1.54, 1.807) is 31.4 Å². The second-order valence-corrected chi connectivity index (χ2v) is 14.2. The lowest BCUT2D eigenvalue weighted by Crippen LogP contribution is -2.47. The van der Waals surface area contributed by atoms with E-state index >= 15 is 0 Å². The number of allylic oxidation sites excluding steroid dienone is 1. The van der Waals surface area contributed by atoms with Gasteiger partial charge < -0.3 is 13.7 Å². The smallest absolute Gasteiger partial charge is 0.200 e. The first-order valence-corrected chi connectivity index (χ1v) is 13.0. The minimum atomic E-state index is -2.20. The first-order valence-electron chi connectivity index (χ1n) is 9.74. The lowest BCUT2D eigenvalue weighted by Gasteiger charge is -2.42. The van der Waals surface area contributed by atoms with Gasteiger partial charge in [-0.15, -0.1) is 0 Å². The van der Waals surface area contributed by atoms with E-state index in [0.29, 0.717) is 16.6 Å². The molecule has 0 bridgehead atoms. The molecule has 1 aromatic rings. The second-order valence-electron chi connectivity index (χ2n) is 7.84. The van der Waals surface area contributed by atoms with Crippen LogP contribution in [0.1, 0.15) is 59.9 Å². The maximum Gasteiger partial charge on any atom is 0.200 e. The van der Waals surface area contributed by atoms with Crippen LogP contribution < -0.4 is 0 Å². The van der Waals surface area contributed by atoms with Crippen molar-refractivity contribution in [3.05, 3.63) is 35.9 Å². The quantitative estimate of drug-likeness (QED) is 0.197. The average molecular weight is 412 g/mol. The molecule has 0 aliphatic rings. The van der Waals surface area contributed by atoms with E-state index in [4.69, 9.17) is 9.16 Å². The van der Waals surface area contributed by atoms with E-state index in [2.05, 4.69) is 47.6 Å². The van der Waals surface area contributed by atoms with Gasteiger partial charge in [0, 0.05) is 17.1 Å². The minimum Gasteiger partial charge on any atom is -0.768 e. The molecule has 0 amide bonds. The molecule has 0 fully saturated rings. The van der Waals surface area contributed by atoms with Gasteiger partial charge in [0.05, 0.1) is 7.11 Å². The monoisotopic (exact) mass is 411 g/mol. The Morgan fingerprint density at radius 1 is 1.07 bits per heavy atom. The van der Waals surface area contributed by atoms with Gasteiger partial charge in [-0.2, -0.15) is 0 Å². The van der Waals surface area contributed by atoms with Crippen LogP contribution in [0.3, 0.4) is 0 Å². The summed E-state index contributed by atoms with van der Waals surface area (Å²) in [7, 11) is -0.169. The summed E-state index contributed by atoms with van der Waals surface area (Å²) in [6.07, 6.45) is 3.85. The predicted octanol–water partition coefficient (Wildman–Crippen LogP) is 5.88. The maximum atomic E-state index is 11.0. The Balaban J connectivity index is 2.69. The molecule has 27 heavy (non-hydrogen) atoms. The van der Waals surface area contributed by atoms with Gasteiger partial charge in [-0.05, 0) is 58.8 Å². The van der Waals surface area contributed by atoms with Gasteiger partial charge in [0.25, 0.3) is 0 Å². The van der Waals surface area contributed by atoms with E-state index in [-0.39, 0.29) is 4.90 Å². The summed E-state index contributed by atoms with van der Waals surface area (Å²) in [6, 6.07) is 6.71. The van der Waals surface area contributed by atoms with Crippen LogP contribution in [0.15, 0.2) is 35.2 Å². The van der Waals surface area contributed by atoms with Crippen LogP contribution in [0.2, 0.25) is 16.6 Å². The minimum absolute atomic E-state index is 0.278. The molecule has 1 rings (SSSR count). The molecule has 0 aliphatic heterocycles.